The van der Waals surface area contributed by atoms with E-state index in [2.05, 4.69) is 30.9 Å². The van der Waals surface area contributed by atoms with Gasteiger partial charge in [0.15, 0.2) is 5.13 Å². The molecule has 0 bridgehead atoms. The summed E-state index contributed by atoms with van der Waals surface area (Å²) in [5, 5.41) is 0.769. The van der Waals surface area contributed by atoms with Crippen LogP contribution in [0.1, 0.15) is 21.5 Å². The summed E-state index contributed by atoms with van der Waals surface area (Å²) in [6, 6.07) is 12.1. The van der Waals surface area contributed by atoms with Gasteiger partial charge in [0.1, 0.15) is 0 Å². The second kappa shape index (κ2) is 9.47. The molecule has 30 heavy (non-hydrogen) atoms. The number of hydrogen-bond acceptors (Lipinski definition) is 6. The van der Waals surface area contributed by atoms with Crippen molar-refractivity contribution in [3.63, 3.8) is 0 Å². The van der Waals surface area contributed by atoms with E-state index < -0.39 is 0 Å². The fraction of sp³-hybridized carbons (Fsp3) is 0.391. The van der Waals surface area contributed by atoms with E-state index in [0.717, 1.165) is 58.7 Å². The van der Waals surface area contributed by atoms with Crippen LogP contribution in [0.5, 0.6) is 0 Å². The molecular formula is C23H27N3O2S2. The SMILES string of the molecule is CSc1ccc(C(=O)N(CCN2CCOCC2)c2nc3c(C)cc(C)cc3s2)cc1. The monoisotopic (exact) mass is 441 g/mol. The number of thioether (sulfide) groups is 1. The zero-order valence-corrected chi connectivity index (χ0v) is 19.3. The lowest BCUT2D eigenvalue weighted by atomic mass is 10.1. The maximum absolute atomic E-state index is 13.5. The van der Waals surface area contributed by atoms with Crippen LogP contribution in [0.2, 0.25) is 0 Å². The Balaban J connectivity index is 1.65. The largest absolute Gasteiger partial charge is 0.379 e. The van der Waals surface area contributed by atoms with E-state index in [1.807, 2.05) is 35.4 Å². The van der Waals surface area contributed by atoms with E-state index in [-0.39, 0.29) is 5.91 Å². The van der Waals surface area contributed by atoms with Crippen molar-refractivity contribution in [3.8, 4) is 0 Å². The van der Waals surface area contributed by atoms with Crippen molar-refractivity contribution in [2.45, 2.75) is 18.7 Å². The Bertz CT molecular complexity index is 1030. The zero-order chi connectivity index (χ0) is 21.1. The average molecular weight is 442 g/mol. The minimum absolute atomic E-state index is 0.00402. The van der Waals surface area contributed by atoms with E-state index in [0.29, 0.717) is 12.1 Å². The number of hydrogen-bond donors (Lipinski definition) is 0. The normalized spacial score (nSPS) is 14.9. The van der Waals surface area contributed by atoms with E-state index in [9.17, 15) is 4.79 Å². The van der Waals surface area contributed by atoms with Gasteiger partial charge in [-0.25, -0.2) is 4.98 Å². The molecule has 0 saturated carbocycles. The number of aryl methyl sites for hydroxylation is 2. The number of benzene rings is 2. The Labute approximate surface area is 186 Å². The van der Waals surface area contributed by atoms with Crippen molar-refractivity contribution in [3.05, 3.63) is 53.1 Å². The number of morpholine rings is 1. The number of carbonyl (C=O) groups excluding carboxylic acids is 1. The van der Waals surface area contributed by atoms with Gasteiger partial charge in [0.25, 0.3) is 5.91 Å². The Morgan fingerprint density at radius 3 is 2.63 bits per heavy atom. The number of carbonyl (C=O) groups is 1. The molecule has 1 saturated heterocycles. The first-order chi connectivity index (χ1) is 14.5. The molecule has 4 rings (SSSR count). The van der Waals surface area contributed by atoms with E-state index in [4.69, 9.17) is 9.72 Å². The molecule has 1 aliphatic heterocycles. The van der Waals surface area contributed by atoms with Crippen LogP contribution in [-0.2, 0) is 4.74 Å². The number of thiazole rings is 1. The number of rotatable bonds is 6. The fourth-order valence-corrected chi connectivity index (χ4v) is 5.29. The van der Waals surface area contributed by atoms with Crippen LogP contribution in [0.3, 0.4) is 0 Å². The van der Waals surface area contributed by atoms with Gasteiger partial charge in [-0.1, -0.05) is 17.4 Å². The Kier molecular flexibility index (Phi) is 6.73. The fourth-order valence-electron chi connectivity index (χ4n) is 3.71. The van der Waals surface area contributed by atoms with Crippen LogP contribution in [0.4, 0.5) is 5.13 Å². The van der Waals surface area contributed by atoms with Gasteiger partial charge in [-0.2, -0.15) is 0 Å². The lowest BCUT2D eigenvalue weighted by Crippen LogP contribution is -2.43. The quantitative estimate of drug-likeness (QED) is 0.523. The lowest BCUT2D eigenvalue weighted by Gasteiger charge is -2.29. The standard InChI is InChI=1S/C23H27N3O2S2/c1-16-14-17(2)21-20(15-16)30-23(24-21)26(9-8-25-10-12-28-13-11-25)22(27)18-4-6-19(29-3)7-5-18/h4-7,14-15H,8-13H2,1-3H3. The topological polar surface area (TPSA) is 45.7 Å². The van der Waals surface area contributed by atoms with Crippen LogP contribution < -0.4 is 4.90 Å². The predicted octanol–water partition coefficient (Wildman–Crippen LogP) is 4.61. The summed E-state index contributed by atoms with van der Waals surface area (Å²) in [7, 11) is 0. The summed E-state index contributed by atoms with van der Waals surface area (Å²) in [5.74, 6) is 0.00402. The number of ether oxygens (including phenoxy) is 1. The summed E-state index contributed by atoms with van der Waals surface area (Å²) < 4.78 is 6.59. The van der Waals surface area contributed by atoms with Crippen molar-refractivity contribution < 1.29 is 9.53 Å². The molecule has 0 aliphatic carbocycles. The molecule has 0 N–H and O–H groups in total. The van der Waals surface area contributed by atoms with Gasteiger partial charge >= 0.3 is 0 Å². The first-order valence-corrected chi connectivity index (χ1v) is 12.2. The lowest BCUT2D eigenvalue weighted by molar-refractivity contribution is 0.0391. The number of nitrogens with zero attached hydrogens (tertiary/aromatic N) is 3. The first-order valence-electron chi connectivity index (χ1n) is 10.2. The van der Waals surface area contributed by atoms with Crippen molar-refractivity contribution in [2.24, 2.45) is 0 Å². The molecule has 5 nitrogen and oxygen atoms in total. The highest BCUT2D eigenvalue weighted by molar-refractivity contribution is 7.98. The highest BCUT2D eigenvalue weighted by Crippen LogP contribution is 2.32. The number of amides is 1. The summed E-state index contributed by atoms with van der Waals surface area (Å²) >= 11 is 3.27. The molecular weight excluding hydrogens is 414 g/mol. The molecule has 3 aromatic rings. The van der Waals surface area contributed by atoms with Gasteiger partial charge < -0.3 is 4.74 Å². The molecule has 2 heterocycles. The Morgan fingerprint density at radius 1 is 1.20 bits per heavy atom. The molecule has 0 atom stereocenters. The number of aromatic nitrogens is 1. The molecule has 1 amide bonds. The minimum Gasteiger partial charge on any atom is -0.379 e. The summed E-state index contributed by atoms with van der Waals surface area (Å²) in [4.78, 5) is 23.7. The molecule has 0 spiro atoms. The molecule has 0 unspecified atom stereocenters. The van der Waals surface area contributed by atoms with E-state index >= 15 is 0 Å². The molecule has 1 aliphatic rings. The van der Waals surface area contributed by atoms with Gasteiger partial charge in [-0.15, -0.1) is 11.8 Å². The summed E-state index contributed by atoms with van der Waals surface area (Å²) in [6.07, 6.45) is 2.04. The van der Waals surface area contributed by atoms with E-state index in [1.165, 1.54) is 5.56 Å². The van der Waals surface area contributed by atoms with Crippen LogP contribution in [0.15, 0.2) is 41.3 Å². The molecule has 0 radical (unpaired) electrons. The van der Waals surface area contributed by atoms with Crippen LogP contribution in [-0.4, -0.2) is 61.4 Å². The Hall–Kier alpha value is -1.93. The summed E-state index contributed by atoms with van der Waals surface area (Å²) in [5.41, 5.74) is 4.05. The zero-order valence-electron chi connectivity index (χ0n) is 17.7. The first kappa shape index (κ1) is 21.3. The summed E-state index contributed by atoms with van der Waals surface area (Å²) in [6.45, 7) is 8.92. The molecule has 2 aromatic carbocycles. The predicted molar refractivity (Wildman–Crippen MR) is 126 cm³/mol. The second-order valence-electron chi connectivity index (χ2n) is 7.56. The smallest absolute Gasteiger partial charge is 0.260 e. The van der Waals surface area contributed by atoms with Crippen LogP contribution in [0.25, 0.3) is 10.2 Å². The van der Waals surface area contributed by atoms with Crippen molar-refractivity contribution in [1.82, 2.24) is 9.88 Å². The second-order valence-corrected chi connectivity index (χ2v) is 9.45. The average Bonchev–Trinajstić information content (AvgIpc) is 3.18. The molecule has 7 heteroatoms. The van der Waals surface area contributed by atoms with Crippen LogP contribution >= 0.6 is 23.1 Å². The third-order valence-electron chi connectivity index (χ3n) is 5.38. The molecule has 158 valence electrons. The molecule has 1 fully saturated rings. The van der Waals surface area contributed by atoms with Gasteiger partial charge in [0.05, 0.1) is 23.4 Å². The maximum atomic E-state index is 13.5. The number of fused-ring (bicyclic) bond motifs is 1. The highest BCUT2D eigenvalue weighted by atomic mass is 32.2. The third-order valence-corrected chi connectivity index (χ3v) is 7.14. The van der Waals surface area contributed by atoms with Crippen LogP contribution in [0, 0.1) is 13.8 Å². The maximum Gasteiger partial charge on any atom is 0.260 e. The van der Waals surface area contributed by atoms with Gasteiger partial charge in [-0.05, 0) is 61.6 Å². The van der Waals surface area contributed by atoms with Crippen molar-refractivity contribution in [1.29, 1.82) is 0 Å². The van der Waals surface area contributed by atoms with Gasteiger partial charge in [-0.3, -0.25) is 14.6 Å². The third kappa shape index (κ3) is 4.70. The van der Waals surface area contributed by atoms with E-state index in [1.54, 1.807) is 23.1 Å². The van der Waals surface area contributed by atoms with Gasteiger partial charge in [0, 0.05) is 36.6 Å². The van der Waals surface area contributed by atoms with Gasteiger partial charge in [0.2, 0.25) is 0 Å². The minimum atomic E-state index is 0.00402. The number of anilines is 1. The van der Waals surface area contributed by atoms with Crippen molar-refractivity contribution >= 4 is 44.4 Å². The highest BCUT2D eigenvalue weighted by Gasteiger charge is 2.23. The molecule has 1 aromatic heterocycles. The van der Waals surface area contributed by atoms with Crippen molar-refractivity contribution in [2.75, 3.05) is 50.5 Å². The Morgan fingerprint density at radius 2 is 1.93 bits per heavy atom.